The van der Waals surface area contributed by atoms with Gasteiger partial charge in [0.1, 0.15) is 10.6 Å². The number of benzene rings is 1. The zero-order chi connectivity index (χ0) is 21.0. The van der Waals surface area contributed by atoms with Gasteiger partial charge in [0.2, 0.25) is 10.0 Å². The van der Waals surface area contributed by atoms with Gasteiger partial charge in [0.15, 0.2) is 0 Å². The van der Waals surface area contributed by atoms with Crippen LogP contribution in [0.4, 0.5) is 0 Å². The second-order valence-corrected chi connectivity index (χ2v) is 10.2. The molecule has 29 heavy (non-hydrogen) atoms. The van der Waals surface area contributed by atoms with Crippen LogP contribution >= 0.6 is 11.3 Å². The summed E-state index contributed by atoms with van der Waals surface area (Å²) in [5, 5.41) is 2.71. The minimum atomic E-state index is -3.47. The number of carbonyl (C=O) groups excluding carboxylic acids is 1. The number of morpholine rings is 1. The topological polar surface area (TPSA) is 84.9 Å². The molecular weight excluding hydrogens is 412 g/mol. The molecule has 1 N–H and O–H groups in total. The van der Waals surface area contributed by atoms with Crippen LogP contribution in [0.2, 0.25) is 0 Å². The van der Waals surface area contributed by atoms with Crippen LogP contribution in [0.3, 0.4) is 0 Å². The maximum absolute atomic E-state index is 12.6. The van der Waals surface area contributed by atoms with Gasteiger partial charge in [-0.15, -0.1) is 11.3 Å². The third-order valence-corrected chi connectivity index (χ3v) is 7.58. The van der Waals surface area contributed by atoms with E-state index in [2.05, 4.69) is 5.32 Å². The lowest BCUT2D eigenvalue weighted by molar-refractivity contribution is -0.0440. The van der Waals surface area contributed by atoms with Crippen LogP contribution in [0, 0.1) is 0 Å². The van der Waals surface area contributed by atoms with Crippen LogP contribution in [-0.4, -0.2) is 63.3 Å². The molecule has 1 aromatic heterocycles. The van der Waals surface area contributed by atoms with Crippen LogP contribution in [0.15, 0.2) is 36.4 Å². The van der Waals surface area contributed by atoms with E-state index >= 15 is 0 Å². The fourth-order valence-electron chi connectivity index (χ4n) is 3.29. The summed E-state index contributed by atoms with van der Waals surface area (Å²) in [5.74, 6) is -0.0183. The number of hydrogen-bond acceptors (Lipinski definition) is 6. The standard InChI is InChI=1S/C20H26N2O5S2/c1-14-12-22(13-15(2)27-14)29(24,25)10-9-21-20(23)19-17(26-3)11-18(28-19)16-7-5-4-6-8-16/h4-8,11,14-15H,9-10,12-13H2,1-3H3,(H,21,23)/t14-,15-/m1/s1. The van der Waals surface area contributed by atoms with E-state index in [1.165, 1.54) is 22.8 Å². The molecule has 0 bridgehead atoms. The molecule has 9 heteroatoms. The molecule has 0 saturated carbocycles. The van der Waals surface area contributed by atoms with Crippen molar-refractivity contribution < 1.29 is 22.7 Å². The van der Waals surface area contributed by atoms with Gasteiger partial charge in [-0.3, -0.25) is 4.79 Å². The molecule has 0 radical (unpaired) electrons. The highest BCUT2D eigenvalue weighted by Crippen LogP contribution is 2.36. The fourth-order valence-corrected chi connectivity index (χ4v) is 5.83. The second-order valence-electron chi connectivity index (χ2n) is 7.02. The summed E-state index contributed by atoms with van der Waals surface area (Å²) < 4.78 is 37.6. The molecule has 1 amide bonds. The van der Waals surface area contributed by atoms with E-state index in [-0.39, 0.29) is 30.4 Å². The molecular formula is C20H26N2O5S2. The van der Waals surface area contributed by atoms with Crippen molar-refractivity contribution in [2.45, 2.75) is 26.1 Å². The lowest BCUT2D eigenvalue weighted by Crippen LogP contribution is -2.49. The lowest BCUT2D eigenvalue weighted by atomic mass is 10.2. The predicted molar refractivity (Wildman–Crippen MR) is 114 cm³/mol. The molecule has 2 heterocycles. The Bertz CT molecular complexity index is 933. The summed E-state index contributed by atoms with van der Waals surface area (Å²) in [6.07, 6.45) is -0.287. The van der Waals surface area contributed by atoms with Crippen molar-refractivity contribution in [2.75, 3.05) is 32.5 Å². The monoisotopic (exact) mass is 438 g/mol. The molecule has 7 nitrogen and oxygen atoms in total. The van der Waals surface area contributed by atoms with Crippen molar-refractivity contribution >= 4 is 27.3 Å². The molecule has 1 saturated heterocycles. The first-order valence-electron chi connectivity index (χ1n) is 9.45. The van der Waals surface area contributed by atoms with E-state index in [1.54, 1.807) is 0 Å². The average Bonchev–Trinajstić information content (AvgIpc) is 3.12. The minimum Gasteiger partial charge on any atom is -0.495 e. The van der Waals surface area contributed by atoms with E-state index in [0.29, 0.717) is 23.7 Å². The van der Waals surface area contributed by atoms with Crippen molar-refractivity contribution in [3.8, 4) is 16.2 Å². The third kappa shape index (κ3) is 5.36. The van der Waals surface area contributed by atoms with Gasteiger partial charge in [-0.2, -0.15) is 4.31 Å². The first-order valence-corrected chi connectivity index (χ1v) is 11.9. The van der Waals surface area contributed by atoms with Crippen molar-refractivity contribution in [1.29, 1.82) is 0 Å². The Kier molecular flexibility index (Phi) is 6.94. The van der Waals surface area contributed by atoms with Gasteiger partial charge in [-0.05, 0) is 25.5 Å². The summed E-state index contributed by atoms with van der Waals surface area (Å²) in [6.45, 7) is 4.41. The summed E-state index contributed by atoms with van der Waals surface area (Å²) in [6, 6.07) is 11.5. The maximum Gasteiger partial charge on any atom is 0.265 e. The maximum atomic E-state index is 12.6. The van der Waals surface area contributed by atoms with Gasteiger partial charge in [0.25, 0.3) is 5.91 Å². The van der Waals surface area contributed by atoms with E-state index in [0.717, 1.165) is 10.4 Å². The highest BCUT2D eigenvalue weighted by molar-refractivity contribution is 7.89. The largest absolute Gasteiger partial charge is 0.495 e. The molecule has 1 aromatic carbocycles. The molecule has 2 atom stereocenters. The number of ether oxygens (including phenoxy) is 2. The molecule has 3 rings (SSSR count). The second kappa shape index (κ2) is 9.25. The Morgan fingerprint density at radius 2 is 1.90 bits per heavy atom. The van der Waals surface area contributed by atoms with Crippen LogP contribution < -0.4 is 10.1 Å². The van der Waals surface area contributed by atoms with Gasteiger partial charge >= 0.3 is 0 Å². The quantitative estimate of drug-likeness (QED) is 0.718. The fraction of sp³-hybridized carbons (Fsp3) is 0.450. The van der Waals surface area contributed by atoms with E-state index in [9.17, 15) is 13.2 Å². The number of nitrogens with zero attached hydrogens (tertiary/aromatic N) is 1. The zero-order valence-electron chi connectivity index (χ0n) is 16.8. The van der Waals surface area contributed by atoms with Gasteiger partial charge in [0, 0.05) is 24.5 Å². The molecule has 0 aliphatic carbocycles. The molecule has 2 aromatic rings. The van der Waals surface area contributed by atoms with E-state index in [1.807, 2.05) is 50.2 Å². The van der Waals surface area contributed by atoms with Crippen LogP contribution in [0.25, 0.3) is 10.4 Å². The summed E-state index contributed by atoms with van der Waals surface area (Å²) in [5.41, 5.74) is 0.994. The highest BCUT2D eigenvalue weighted by Gasteiger charge is 2.30. The average molecular weight is 439 g/mol. The SMILES string of the molecule is COc1cc(-c2ccccc2)sc1C(=O)NCCS(=O)(=O)N1C[C@@H](C)O[C@H](C)C1. The summed E-state index contributed by atoms with van der Waals surface area (Å²) in [4.78, 5) is 14.0. The summed E-state index contributed by atoms with van der Waals surface area (Å²) in [7, 11) is -1.96. The lowest BCUT2D eigenvalue weighted by Gasteiger charge is -2.34. The molecule has 1 aliphatic rings. The first kappa shape index (κ1) is 21.8. The summed E-state index contributed by atoms with van der Waals surface area (Å²) >= 11 is 1.32. The number of nitrogens with one attached hydrogen (secondary N) is 1. The minimum absolute atomic E-state index is 0.0308. The predicted octanol–water partition coefficient (Wildman–Crippen LogP) is 2.59. The smallest absolute Gasteiger partial charge is 0.265 e. The molecule has 1 aliphatic heterocycles. The van der Waals surface area contributed by atoms with Crippen LogP contribution in [-0.2, 0) is 14.8 Å². The Hall–Kier alpha value is -1.94. The van der Waals surface area contributed by atoms with Gasteiger partial charge < -0.3 is 14.8 Å². The van der Waals surface area contributed by atoms with E-state index in [4.69, 9.17) is 9.47 Å². The number of thiophene rings is 1. The number of methoxy groups -OCH3 is 1. The number of hydrogen-bond donors (Lipinski definition) is 1. The number of carbonyl (C=O) groups is 1. The zero-order valence-corrected chi connectivity index (χ0v) is 18.4. The molecule has 0 spiro atoms. The van der Waals surface area contributed by atoms with Gasteiger partial charge in [-0.1, -0.05) is 30.3 Å². The molecule has 1 fully saturated rings. The molecule has 158 valence electrons. The Balaban J connectivity index is 1.63. The number of rotatable bonds is 7. The van der Waals surface area contributed by atoms with Crippen molar-refractivity contribution in [3.63, 3.8) is 0 Å². The molecule has 0 unspecified atom stereocenters. The van der Waals surface area contributed by atoms with Crippen molar-refractivity contribution in [3.05, 3.63) is 41.3 Å². The van der Waals surface area contributed by atoms with Gasteiger partial charge in [-0.25, -0.2) is 8.42 Å². The number of amides is 1. The Morgan fingerprint density at radius 1 is 1.24 bits per heavy atom. The first-order chi connectivity index (χ1) is 13.8. The Morgan fingerprint density at radius 3 is 2.52 bits per heavy atom. The van der Waals surface area contributed by atoms with Gasteiger partial charge in [0.05, 0.1) is 25.1 Å². The Labute approximate surface area is 175 Å². The normalized spacial score (nSPS) is 20.4. The van der Waals surface area contributed by atoms with Crippen molar-refractivity contribution in [1.82, 2.24) is 9.62 Å². The number of sulfonamides is 1. The van der Waals surface area contributed by atoms with E-state index < -0.39 is 10.0 Å². The van der Waals surface area contributed by atoms with Crippen LogP contribution in [0.5, 0.6) is 5.75 Å². The van der Waals surface area contributed by atoms with Crippen molar-refractivity contribution in [2.24, 2.45) is 0 Å². The third-order valence-electron chi connectivity index (χ3n) is 4.61. The highest BCUT2D eigenvalue weighted by atomic mass is 32.2. The van der Waals surface area contributed by atoms with Crippen LogP contribution in [0.1, 0.15) is 23.5 Å².